The maximum Gasteiger partial charge on any atom is 0.416 e. The first-order chi connectivity index (χ1) is 12.7. The first-order valence-electron chi connectivity index (χ1n) is 8.49. The number of nitrogens with zero attached hydrogens (tertiary/aromatic N) is 1. The fourth-order valence-corrected chi connectivity index (χ4v) is 4.64. The number of para-hydroxylation sites is 1. The quantitative estimate of drug-likeness (QED) is 0.604. The molecule has 3 aromatic rings. The highest BCUT2D eigenvalue weighted by Crippen LogP contribution is 2.57. The number of benzene rings is 3. The first kappa shape index (κ1) is 15.3. The summed E-state index contributed by atoms with van der Waals surface area (Å²) in [6.45, 7) is 0. The van der Waals surface area contributed by atoms with E-state index in [1.54, 1.807) is 4.90 Å². The lowest BCUT2D eigenvalue weighted by Gasteiger charge is -2.36. The maximum absolute atomic E-state index is 13.0. The molecule has 2 unspecified atom stereocenters. The van der Waals surface area contributed by atoms with Gasteiger partial charge in [0.25, 0.3) is 0 Å². The number of hydrogen-bond acceptors (Lipinski definition) is 3. The van der Waals surface area contributed by atoms with E-state index in [4.69, 9.17) is 17.0 Å². The second-order valence-electron chi connectivity index (χ2n) is 6.48. The fraction of sp³-hybridized carbons (Fsp3) is 0.0909. The molecule has 3 nitrogen and oxygen atoms in total. The highest BCUT2D eigenvalue weighted by molar-refractivity contribution is 7.81. The van der Waals surface area contributed by atoms with Crippen LogP contribution in [0.25, 0.3) is 0 Å². The molecule has 0 saturated carbocycles. The van der Waals surface area contributed by atoms with Crippen LogP contribution in [-0.2, 0) is 10.3 Å². The molecule has 0 radical (unpaired) electrons. The Morgan fingerprint density at radius 1 is 0.846 bits per heavy atom. The minimum Gasteiger partial charge on any atom is -0.438 e. The van der Waals surface area contributed by atoms with Crippen LogP contribution < -0.4 is 4.90 Å². The number of hydrogen-bond donors (Lipinski definition) is 0. The molecule has 126 valence electrons. The summed E-state index contributed by atoms with van der Waals surface area (Å²) in [4.78, 5) is 15.4. The molecule has 3 aromatic carbocycles. The lowest BCUT2D eigenvalue weighted by molar-refractivity contribution is 0.127. The number of thiocarbonyl (C=S) groups is 1. The van der Waals surface area contributed by atoms with Gasteiger partial charge in [0.05, 0.1) is 4.86 Å². The topological polar surface area (TPSA) is 29.5 Å². The van der Waals surface area contributed by atoms with Gasteiger partial charge in [0.15, 0.2) is 11.6 Å². The normalized spacial score (nSPS) is 23.5. The van der Waals surface area contributed by atoms with Gasteiger partial charge in [-0.25, -0.2) is 4.79 Å². The number of anilines is 1. The summed E-state index contributed by atoms with van der Waals surface area (Å²) in [5.74, 6) is 0. The summed E-state index contributed by atoms with van der Waals surface area (Å²) in [6.07, 6.45) is -0.830. The third-order valence-electron chi connectivity index (χ3n) is 5.20. The zero-order valence-corrected chi connectivity index (χ0v) is 14.6. The van der Waals surface area contributed by atoms with E-state index >= 15 is 0 Å². The van der Waals surface area contributed by atoms with Gasteiger partial charge in [0.1, 0.15) is 0 Å². The second kappa shape index (κ2) is 5.51. The van der Waals surface area contributed by atoms with Gasteiger partial charge in [-0.2, -0.15) is 0 Å². The van der Waals surface area contributed by atoms with Gasteiger partial charge in [0, 0.05) is 11.3 Å². The van der Waals surface area contributed by atoms with Gasteiger partial charge in [0.2, 0.25) is 0 Å². The molecule has 1 saturated heterocycles. The molecule has 1 heterocycles. The lowest BCUT2D eigenvalue weighted by Crippen LogP contribution is -2.49. The summed E-state index contributed by atoms with van der Waals surface area (Å²) in [5.41, 5.74) is 2.83. The third kappa shape index (κ3) is 1.82. The van der Waals surface area contributed by atoms with E-state index < -0.39 is 11.6 Å². The summed E-state index contributed by atoms with van der Waals surface area (Å²) in [7, 11) is 0. The monoisotopic (exact) mass is 357 g/mol. The Labute approximate surface area is 156 Å². The van der Waals surface area contributed by atoms with Crippen molar-refractivity contribution in [3.8, 4) is 0 Å². The average Bonchev–Trinajstić information content (AvgIpc) is 3.14. The van der Waals surface area contributed by atoms with Crippen molar-refractivity contribution in [2.45, 2.75) is 11.6 Å². The molecule has 4 heteroatoms. The van der Waals surface area contributed by atoms with Crippen molar-refractivity contribution >= 4 is 28.9 Å². The van der Waals surface area contributed by atoms with Crippen molar-refractivity contribution in [1.82, 2.24) is 0 Å². The van der Waals surface area contributed by atoms with Gasteiger partial charge >= 0.3 is 6.09 Å². The lowest BCUT2D eigenvalue weighted by atomic mass is 9.83. The van der Waals surface area contributed by atoms with E-state index in [9.17, 15) is 4.79 Å². The molecule has 2 aliphatic rings. The fourth-order valence-electron chi connectivity index (χ4n) is 4.14. The zero-order chi connectivity index (χ0) is 17.7. The molecule has 1 aliphatic carbocycles. The van der Waals surface area contributed by atoms with Gasteiger partial charge in [-0.3, -0.25) is 4.90 Å². The van der Waals surface area contributed by atoms with Gasteiger partial charge < -0.3 is 4.74 Å². The van der Waals surface area contributed by atoms with Crippen molar-refractivity contribution < 1.29 is 9.53 Å². The molecule has 5 rings (SSSR count). The summed E-state index contributed by atoms with van der Waals surface area (Å²) in [5, 5.41) is 0. The van der Waals surface area contributed by atoms with Crippen LogP contribution in [0.3, 0.4) is 0 Å². The van der Waals surface area contributed by atoms with Gasteiger partial charge in [-0.15, -0.1) is 0 Å². The highest BCUT2D eigenvalue weighted by atomic mass is 32.1. The molecular weight excluding hydrogens is 342 g/mol. The van der Waals surface area contributed by atoms with Gasteiger partial charge in [-0.1, -0.05) is 85.0 Å². The number of amides is 1. The van der Waals surface area contributed by atoms with E-state index in [0.29, 0.717) is 0 Å². The van der Waals surface area contributed by atoms with E-state index in [1.807, 2.05) is 84.9 Å². The van der Waals surface area contributed by atoms with Crippen LogP contribution >= 0.6 is 12.2 Å². The highest BCUT2D eigenvalue weighted by Gasteiger charge is 2.64. The van der Waals surface area contributed by atoms with Crippen molar-refractivity contribution in [1.29, 1.82) is 0 Å². The second-order valence-corrected chi connectivity index (χ2v) is 6.89. The van der Waals surface area contributed by atoms with Gasteiger partial charge in [-0.05, 0) is 23.3 Å². The predicted molar refractivity (Wildman–Crippen MR) is 104 cm³/mol. The Bertz CT molecular complexity index is 1020. The third-order valence-corrected chi connectivity index (χ3v) is 5.73. The smallest absolute Gasteiger partial charge is 0.416 e. The Kier molecular flexibility index (Phi) is 3.24. The van der Waals surface area contributed by atoms with Crippen LogP contribution in [0.5, 0.6) is 0 Å². The number of rotatable bonds is 2. The molecule has 0 aromatic heterocycles. The standard InChI is InChI=1S/C22H15NO2S/c24-21-23(16-11-5-2-6-12-16)22(15-9-3-1-4-10-15)19(25-21)17-13-7-8-14-18(17)20(22)26/h1-14,19H. The Morgan fingerprint density at radius 3 is 2.19 bits per heavy atom. The number of ether oxygens (including phenoxy) is 1. The summed E-state index contributed by atoms with van der Waals surface area (Å²) in [6, 6.07) is 27.5. The SMILES string of the molecule is O=C1OC2c3ccccc3C(=S)C2(c2ccccc2)N1c1ccccc1. The minimum absolute atomic E-state index is 0.373. The molecule has 2 atom stereocenters. The van der Waals surface area contributed by atoms with Crippen LogP contribution in [0.2, 0.25) is 0 Å². The number of fused-ring (bicyclic) bond motifs is 3. The zero-order valence-electron chi connectivity index (χ0n) is 13.8. The molecule has 0 bridgehead atoms. The summed E-state index contributed by atoms with van der Waals surface area (Å²) < 4.78 is 5.91. The summed E-state index contributed by atoms with van der Waals surface area (Å²) >= 11 is 5.96. The van der Waals surface area contributed by atoms with Crippen LogP contribution in [0.1, 0.15) is 22.8 Å². The van der Waals surface area contributed by atoms with Crippen LogP contribution in [-0.4, -0.2) is 11.0 Å². The molecule has 1 fully saturated rings. The van der Waals surface area contributed by atoms with E-state index in [1.165, 1.54) is 0 Å². The van der Waals surface area contributed by atoms with Crippen LogP contribution in [0.15, 0.2) is 84.9 Å². The van der Waals surface area contributed by atoms with E-state index in [-0.39, 0.29) is 6.09 Å². The largest absolute Gasteiger partial charge is 0.438 e. The van der Waals surface area contributed by atoms with E-state index in [0.717, 1.165) is 27.2 Å². The molecule has 1 aliphatic heterocycles. The van der Waals surface area contributed by atoms with Crippen LogP contribution in [0, 0.1) is 0 Å². The molecule has 1 amide bonds. The van der Waals surface area contributed by atoms with Crippen molar-refractivity contribution in [3.05, 3.63) is 102 Å². The van der Waals surface area contributed by atoms with Crippen molar-refractivity contribution in [3.63, 3.8) is 0 Å². The average molecular weight is 357 g/mol. The number of carbonyl (C=O) groups excluding carboxylic acids is 1. The predicted octanol–water partition coefficient (Wildman–Crippen LogP) is 5.01. The maximum atomic E-state index is 13.0. The first-order valence-corrected chi connectivity index (χ1v) is 8.90. The van der Waals surface area contributed by atoms with Crippen LogP contribution in [0.4, 0.5) is 10.5 Å². The Balaban J connectivity index is 1.83. The molecular formula is C22H15NO2S. The minimum atomic E-state index is -0.848. The molecule has 0 N–H and O–H groups in total. The molecule has 0 spiro atoms. The van der Waals surface area contributed by atoms with E-state index in [2.05, 4.69) is 0 Å². The Morgan fingerprint density at radius 2 is 1.46 bits per heavy atom. The molecule has 26 heavy (non-hydrogen) atoms. The number of carbonyl (C=O) groups is 1. The Hall–Kier alpha value is -2.98. The van der Waals surface area contributed by atoms with Crippen molar-refractivity contribution in [2.75, 3.05) is 4.90 Å². The van der Waals surface area contributed by atoms with Crippen molar-refractivity contribution in [2.24, 2.45) is 0 Å².